The Bertz CT molecular complexity index is 574. The maximum absolute atomic E-state index is 11.9. The number of hydrogen-bond acceptors (Lipinski definition) is 5. The van der Waals surface area contributed by atoms with Gasteiger partial charge in [-0.1, -0.05) is 0 Å². The van der Waals surface area contributed by atoms with Gasteiger partial charge in [-0.2, -0.15) is 0 Å². The Morgan fingerprint density at radius 3 is 2.95 bits per heavy atom. The summed E-state index contributed by atoms with van der Waals surface area (Å²) in [6.45, 7) is 0.726. The maximum atomic E-state index is 11.9. The first-order valence-electron chi connectivity index (χ1n) is 6.73. The van der Waals surface area contributed by atoms with Crippen LogP contribution in [-0.2, 0) is 9.53 Å². The number of benzene rings is 1. The molecule has 112 valence electrons. The second-order valence-corrected chi connectivity index (χ2v) is 5.04. The van der Waals surface area contributed by atoms with Gasteiger partial charge in [0.15, 0.2) is 11.5 Å². The van der Waals surface area contributed by atoms with Crippen LogP contribution >= 0.6 is 0 Å². The topological polar surface area (TPSA) is 77.1 Å². The molecular formula is C14H16N2O5. The van der Waals surface area contributed by atoms with Crippen LogP contribution in [0.25, 0.3) is 0 Å². The van der Waals surface area contributed by atoms with Crippen LogP contribution < -0.4 is 14.8 Å². The molecule has 3 rings (SSSR count). The summed E-state index contributed by atoms with van der Waals surface area (Å²) in [7, 11) is 1.68. The van der Waals surface area contributed by atoms with E-state index >= 15 is 0 Å². The van der Waals surface area contributed by atoms with Gasteiger partial charge in [-0.25, -0.2) is 4.79 Å². The average molecular weight is 292 g/mol. The SMILES string of the molecule is CN1CC(CCC(=O)Nc2ccc3c(c2)OCO3)OC1=O. The molecule has 1 fully saturated rings. The minimum Gasteiger partial charge on any atom is -0.454 e. The fourth-order valence-electron chi connectivity index (χ4n) is 2.29. The molecule has 1 N–H and O–H groups in total. The molecule has 1 aromatic carbocycles. The van der Waals surface area contributed by atoms with Gasteiger partial charge in [-0.05, 0) is 18.6 Å². The molecular weight excluding hydrogens is 276 g/mol. The zero-order valence-electron chi connectivity index (χ0n) is 11.6. The zero-order valence-corrected chi connectivity index (χ0v) is 11.6. The number of carbonyl (C=O) groups excluding carboxylic acids is 2. The summed E-state index contributed by atoms with van der Waals surface area (Å²) in [5, 5.41) is 2.79. The van der Waals surface area contributed by atoms with Crippen molar-refractivity contribution in [1.82, 2.24) is 4.90 Å². The average Bonchev–Trinajstić information content (AvgIpc) is 3.03. The van der Waals surface area contributed by atoms with Crippen molar-refractivity contribution >= 4 is 17.7 Å². The van der Waals surface area contributed by atoms with Gasteiger partial charge in [-0.15, -0.1) is 0 Å². The van der Waals surface area contributed by atoms with Crippen LogP contribution in [0.2, 0.25) is 0 Å². The van der Waals surface area contributed by atoms with Crippen molar-refractivity contribution in [1.29, 1.82) is 0 Å². The first kappa shape index (κ1) is 13.5. The number of likely N-dealkylation sites (N-methyl/N-ethyl adjacent to an activating group) is 1. The molecule has 0 bridgehead atoms. The Labute approximate surface area is 121 Å². The lowest BCUT2D eigenvalue weighted by molar-refractivity contribution is -0.116. The molecule has 7 nitrogen and oxygen atoms in total. The number of cyclic esters (lactones) is 1. The highest BCUT2D eigenvalue weighted by Crippen LogP contribution is 2.34. The zero-order chi connectivity index (χ0) is 14.8. The van der Waals surface area contributed by atoms with Crippen LogP contribution in [0.3, 0.4) is 0 Å². The first-order valence-corrected chi connectivity index (χ1v) is 6.73. The molecule has 1 saturated heterocycles. The molecule has 0 aromatic heterocycles. The number of anilines is 1. The van der Waals surface area contributed by atoms with E-state index < -0.39 is 0 Å². The lowest BCUT2D eigenvalue weighted by Gasteiger charge is -2.09. The van der Waals surface area contributed by atoms with Gasteiger partial charge in [0.25, 0.3) is 0 Å². The van der Waals surface area contributed by atoms with Crippen LogP contribution in [0.1, 0.15) is 12.8 Å². The summed E-state index contributed by atoms with van der Waals surface area (Å²) >= 11 is 0. The molecule has 2 amide bonds. The third-order valence-corrected chi connectivity index (χ3v) is 3.41. The molecule has 1 aromatic rings. The van der Waals surface area contributed by atoms with Crippen molar-refractivity contribution in [2.75, 3.05) is 25.7 Å². The van der Waals surface area contributed by atoms with Crippen molar-refractivity contribution in [2.24, 2.45) is 0 Å². The molecule has 0 spiro atoms. The lowest BCUT2D eigenvalue weighted by atomic mass is 10.2. The van der Waals surface area contributed by atoms with Gasteiger partial charge in [0.2, 0.25) is 12.7 Å². The normalized spacial score (nSPS) is 19.6. The smallest absolute Gasteiger partial charge is 0.409 e. The summed E-state index contributed by atoms with van der Waals surface area (Å²) in [4.78, 5) is 24.6. The summed E-state index contributed by atoms with van der Waals surface area (Å²) < 4.78 is 15.6. The van der Waals surface area contributed by atoms with E-state index in [9.17, 15) is 9.59 Å². The van der Waals surface area contributed by atoms with E-state index in [1.54, 1.807) is 25.2 Å². The number of ether oxygens (including phenoxy) is 3. The molecule has 7 heteroatoms. The summed E-state index contributed by atoms with van der Waals surface area (Å²) in [6, 6.07) is 5.24. The lowest BCUT2D eigenvalue weighted by Crippen LogP contribution is -2.20. The molecule has 0 radical (unpaired) electrons. The van der Waals surface area contributed by atoms with E-state index in [1.165, 1.54) is 4.90 Å². The quantitative estimate of drug-likeness (QED) is 0.911. The van der Waals surface area contributed by atoms with Crippen LogP contribution in [0.5, 0.6) is 11.5 Å². The van der Waals surface area contributed by atoms with Gasteiger partial charge in [0, 0.05) is 25.2 Å². The van der Waals surface area contributed by atoms with E-state index in [0.717, 1.165) is 0 Å². The number of rotatable bonds is 4. The Morgan fingerprint density at radius 1 is 1.38 bits per heavy atom. The molecule has 0 saturated carbocycles. The highest BCUT2D eigenvalue weighted by molar-refractivity contribution is 5.91. The van der Waals surface area contributed by atoms with Crippen molar-refractivity contribution < 1.29 is 23.8 Å². The number of nitrogens with zero attached hydrogens (tertiary/aromatic N) is 1. The number of hydrogen-bond donors (Lipinski definition) is 1. The molecule has 2 heterocycles. The first-order chi connectivity index (χ1) is 10.1. The molecule has 1 atom stereocenters. The molecule has 0 aliphatic carbocycles. The van der Waals surface area contributed by atoms with Gasteiger partial charge >= 0.3 is 6.09 Å². The van der Waals surface area contributed by atoms with E-state index in [1.807, 2.05) is 0 Å². The summed E-state index contributed by atoms with van der Waals surface area (Å²) in [5.74, 6) is 1.17. The largest absolute Gasteiger partial charge is 0.454 e. The van der Waals surface area contributed by atoms with Gasteiger partial charge in [-0.3, -0.25) is 4.79 Å². The van der Waals surface area contributed by atoms with E-state index in [0.29, 0.717) is 36.6 Å². The minimum atomic E-state index is -0.337. The molecule has 1 unspecified atom stereocenters. The number of fused-ring (bicyclic) bond motifs is 1. The fraction of sp³-hybridized carbons (Fsp3) is 0.429. The van der Waals surface area contributed by atoms with Crippen LogP contribution in [-0.4, -0.2) is 43.4 Å². The second-order valence-electron chi connectivity index (χ2n) is 5.04. The Hall–Kier alpha value is -2.44. The van der Waals surface area contributed by atoms with Crippen molar-refractivity contribution in [3.8, 4) is 11.5 Å². The van der Waals surface area contributed by atoms with Gasteiger partial charge in [0.1, 0.15) is 6.10 Å². The molecule has 2 aliphatic heterocycles. The summed E-state index contributed by atoms with van der Waals surface area (Å²) in [5.41, 5.74) is 0.657. The van der Waals surface area contributed by atoms with Crippen molar-refractivity contribution in [3.05, 3.63) is 18.2 Å². The van der Waals surface area contributed by atoms with Crippen LogP contribution in [0, 0.1) is 0 Å². The molecule has 2 aliphatic rings. The van der Waals surface area contributed by atoms with Crippen LogP contribution in [0.4, 0.5) is 10.5 Å². The predicted molar refractivity (Wildman–Crippen MR) is 73.3 cm³/mol. The number of carbonyl (C=O) groups is 2. The highest BCUT2D eigenvalue weighted by Gasteiger charge is 2.28. The minimum absolute atomic E-state index is 0.125. The van der Waals surface area contributed by atoms with Gasteiger partial charge in [0.05, 0.1) is 6.54 Å². The Balaban J connectivity index is 1.49. The van der Waals surface area contributed by atoms with Crippen molar-refractivity contribution in [2.45, 2.75) is 18.9 Å². The Kier molecular flexibility index (Phi) is 3.55. The Morgan fingerprint density at radius 2 is 2.19 bits per heavy atom. The van der Waals surface area contributed by atoms with Crippen LogP contribution in [0.15, 0.2) is 18.2 Å². The van der Waals surface area contributed by atoms with E-state index in [4.69, 9.17) is 14.2 Å². The monoisotopic (exact) mass is 292 g/mol. The standard InChI is InChI=1S/C14H16N2O5/c1-16-7-10(21-14(16)18)3-5-13(17)15-9-2-4-11-12(6-9)20-8-19-11/h2,4,6,10H,3,5,7-8H2,1H3,(H,15,17). The van der Waals surface area contributed by atoms with E-state index in [-0.39, 0.29) is 24.9 Å². The summed E-state index contributed by atoms with van der Waals surface area (Å²) in [6.07, 6.45) is 0.244. The highest BCUT2D eigenvalue weighted by atomic mass is 16.7. The fourth-order valence-corrected chi connectivity index (χ4v) is 2.29. The van der Waals surface area contributed by atoms with Gasteiger partial charge < -0.3 is 24.4 Å². The van der Waals surface area contributed by atoms with E-state index in [2.05, 4.69) is 5.32 Å². The number of amides is 2. The second kappa shape index (κ2) is 5.51. The maximum Gasteiger partial charge on any atom is 0.409 e. The third-order valence-electron chi connectivity index (χ3n) is 3.41. The predicted octanol–water partition coefficient (Wildman–Crippen LogP) is 1.58. The third kappa shape index (κ3) is 3.01. The number of nitrogens with one attached hydrogen (secondary N) is 1. The molecule has 21 heavy (non-hydrogen) atoms. The van der Waals surface area contributed by atoms with Crippen molar-refractivity contribution in [3.63, 3.8) is 0 Å².